The van der Waals surface area contributed by atoms with Gasteiger partial charge in [-0.25, -0.2) is 4.98 Å². The van der Waals surface area contributed by atoms with Gasteiger partial charge in [0.15, 0.2) is 5.13 Å². The molecule has 0 bridgehead atoms. The lowest BCUT2D eigenvalue weighted by Gasteiger charge is -2.22. The van der Waals surface area contributed by atoms with Crippen LogP contribution in [0.2, 0.25) is 5.02 Å². The summed E-state index contributed by atoms with van der Waals surface area (Å²) in [5, 5.41) is 1.15. The molecule has 162 valence electrons. The van der Waals surface area contributed by atoms with Gasteiger partial charge in [0.1, 0.15) is 11.3 Å². The predicted octanol–water partition coefficient (Wildman–Crippen LogP) is 4.53. The predicted molar refractivity (Wildman–Crippen MR) is 128 cm³/mol. The number of likely N-dealkylation sites (N-methyl/N-ethyl adjacent to an activating group) is 1. The van der Waals surface area contributed by atoms with Crippen LogP contribution in [0.1, 0.15) is 10.4 Å². The molecule has 4 rings (SSSR count). The van der Waals surface area contributed by atoms with Gasteiger partial charge < -0.3 is 9.64 Å². The average Bonchev–Trinajstić information content (AvgIpc) is 3.19. The molecule has 0 spiro atoms. The molecule has 0 saturated carbocycles. The number of benzene rings is 2. The first kappa shape index (κ1) is 23.1. The second-order valence-electron chi connectivity index (χ2n) is 6.94. The maximum atomic E-state index is 13.5. The van der Waals surface area contributed by atoms with Gasteiger partial charge in [0, 0.05) is 31.0 Å². The number of hydrogen-bond donors (Lipinski definition) is 0. The molecule has 0 unspecified atom stereocenters. The smallest absolute Gasteiger partial charge is 0.260 e. The van der Waals surface area contributed by atoms with Crippen LogP contribution in [-0.4, -0.2) is 60.1 Å². The molecular formula is C21H21Cl2N5O2S. The first-order valence-electron chi connectivity index (χ1n) is 9.28. The molecule has 2 heterocycles. The number of halogens is 2. The Morgan fingerprint density at radius 1 is 1.10 bits per heavy atom. The fourth-order valence-corrected chi connectivity index (χ4v) is 4.34. The van der Waals surface area contributed by atoms with E-state index in [-0.39, 0.29) is 18.3 Å². The monoisotopic (exact) mass is 477 g/mol. The molecule has 2 aromatic carbocycles. The zero-order chi connectivity index (χ0) is 21.3. The van der Waals surface area contributed by atoms with E-state index in [1.807, 2.05) is 19.0 Å². The number of methoxy groups -OCH3 is 1. The van der Waals surface area contributed by atoms with Crippen molar-refractivity contribution < 1.29 is 9.53 Å². The van der Waals surface area contributed by atoms with Gasteiger partial charge in [-0.05, 0) is 44.4 Å². The highest BCUT2D eigenvalue weighted by Gasteiger charge is 2.23. The highest BCUT2D eigenvalue weighted by Crippen LogP contribution is 2.39. The Labute approximate surface area is 195 Å². The molecule has 0 saturated heterocycles. The van der Waals surface area contributed by atoms with Gasteiger partial charge in [0.05, 0.1) is 27.9 Å². The molecule has 1 amide bonds. The van der Waals surface area contributed by atoms with Gasteiger partial charge in [-0.1, -0.05) is 22.9 Å². The zero-order valence-corrected chi connectivity index (χ0v) is 19.6. The van der Waals surface area contributed by atoms with Crippen LogP contribution in [0.3, 0.4) is 0 Å². The van der Waals surface area contributed by atoms with Gasteiger partial charge in [0.2, 0.25) is 0 Å². The van der Waals surface area contributed by atoms with E-state index >= 15 is 0 Å². The fourth-order valence-electron chi connectivity index (χ4n) is 3.06. The van der Waals surface area contributed by atoms with E-state index in [0.717, 1.165) is 10.2 Å². The van der Waals surface area contributed by atoms with Crippen molar-refractivity contribution in [2.75, 3.05) is 39.2 Å². The lowest BCUT2D eigenvalue weighted by Crippen LogP contribution is -2.36. The quantitative estimate of drug-likeness (QED) is 0.406. The number of ether oxygens (including phenoxy) is 1. The van der Waals surface area contributed by atoms with E-state index in [4.69, 9.17) is 21.3 Å². The summed E-state index contributed by atoms with van der Waals surface area (Å²) in [6, 6.07) is 8.88. The maximum Gasteiger partial charge on any atom is 0.260 e. The summed E-state index contributed by atoms with van der Waals surface area (Å²) in [5.74, 6) is 0.469. The molecule has 0 atom stereocenters. The Morgan fingerprint density at radius 2 is 1.84 bits per heavy atom. The largest absolute Gasteiger partial charge is 0.494 e. The van der Waals surface area contributed by atoms with E-state index < -0.39 is 0 Å². The van der Waals surface area contributed by atoms with Crippen LogP contribution in [0.25, 0.3) is 21.3 Å². The van der Waals surface area contributed by atoms with Crippen molar-refractivity contribution in [3.63, 3.8) is 0 Å². The van der Waals surface area contributed by atoms with Gasteiger partial charge in [-0.15, -0.1) is 12.4 Å². The summed E-state index contributed by atoms with van der Waals surface area (Å²) >= 11 is 7.76. The third kappa shape index (κ3) is 4.72. The number of fused-ring (bicyclic) bond motifs is 2. The molecule has 0 N–H and O–H groups in total. The van der Waals surface area contributed by atoms with Crippen molar-refractivity contribution in [2.45, 2.75) is 0 Å². The van der Waals surface area contributed by atoms with Crippen molar-refractivity contribution in [1.82, 2.24) is 19.9 Å². The molecule has 0 aliphatic heterocycles. The van der Waals surface area contributed by atoms with E-state index in [2.05, 4.69) is 9.97 Å². The Morgan fingerprint density at radius 3 is 2.55 bits per heavy atom. The van der Waals surface area contributed by atoms with E-state index in [1.165, 1.54) is 11.3 Å². The minimum atomic E-state index is -0.154. The standard InChI is InChI=1S/C21H20ClN5O2S.ClH/c1-26(2)10-11-27(20(28)13-4-6-15-16(12-13)24-9-8-23-15)21-25-18-17(29-3)7-5-14(22)19(18)30-21;/h4-9,12H,10-11H2,1-3H3;1H. The number of carbonyl (C=O) groups is 1. The zero-order valence-electron chi connectivity index (χ0n) is 17.2. The second kappa shape index (κ2) is 9.74. The Hall–Kier alpha value is -2.52. The molecule has 2 aromatic heterocycles. The minimum absolute atomic E-state index is 0. The number of aromatic nitrogens is 3. The van der Waals surface area contributed by atoms with E-state index in [1.54, 1.807) is 54.7 Å². The Bertz CT molecular complexity index is 1230. The summed E-state index contributed by atoms with van der Waals surface area (Å²) in [5.41, 5.74) is 2.59. The number of amides is 1. The summed E-state index contributed by atoms with van der Waals surface area (Å²) in [7, 11) is 5.52. The molecule has 10 heteroatoms. The Balaban J connectivity index is 0.00000272. The van der Waals surface area contributed by atoms with Crippen molar-refractivity contribution >= 4 is 67.6 Å². The SMILES string of the molecule is COc1ccc(Cl)c2sc(N(CCN(C)C)C(=O)c3ccc4nccnc4c3)nc12.Cl. The molecule has 0 radical (unpaired) electrons. The highest BCUT2D eigenvalue weighted by atomic mass is 35.5. The molecule has 31 heavy (non-hydrogen) atoms. The van der Waals surface area contributed by atoms with Crippen LogP contribution in [-0.2, 0) is 0 Å². The van der Waals surface area contributed by atoms with Crippen LogP contribution in [0.5, 0.6) is 5.75 Å². The maximum absolute atomic E-state index is 13.5. The van der Waals surface area contributed by atoms with Gasteiger partial charge >= 0.3 is 0 Å². The van der Waals surface area contributed by atoms with Crippen LogP contribution < -0.4 is 9.64 Å². The number of thiazole rings is 1. The number of carbonyl (C=O) groups excluding carboxylic acids is 1. The molecule has 0 aliphatic rings. The molecule has 0 fully saturated rings. The van der Waals surface area contributed by atoms with Crippen LogP contribution >= 0.6 is 35.3 Å². The van der Waals surface area contributed by atoms with Gasteiger partial charge in [-0.2, -0.15) is 0 Å². The lowest BCUT2D eigenvalue weighted by atomic mass is 10.1. The first-order chi connectivity index (χ1) is 14.5. The van der Waals surface area contributed by atoms with E-state index in [9.17, 15) is 4.79 Å². The third-order valence-corrected chi connectivity index (χ3v) is 6.17. The summed E-state index contributed by atoms with van der Waals surface area (Å²) in [4.78, 5) is 30.5. The molecule has 7 nitrogen and oxygen atoms in total. The van der Waals surface area contributed by atoms with Crippen LogP contribution in [0.15, 0.2) is 42.7 Å². The van der Waals surface area contributed by atoms with Crippen molar-refractivity contribution in [3.8, 4) is 5.75 Å². The first-order valence-corrected chi connectivity index (χ1v) is 10.5. The summed E-state index contributed by atoms with van der Waals surface area (Å²) in [6.45, 7) is 1.16. The highest BCUT2D eigenvalue weighted by molar-refractivity contribution is 7.23. The molecule has 4 aromatic rings. The van der Waals surface area contributed by atoms with E-state index in [0.29, 0.717) is 45.6 Å². The topological polar surface area (TPSA) is 71.5 Å². The van der Waals surface area contributed by atoms with Crippen molar-refractivity contribution in [1.29, 1.82) is 0 Å². The number of hydrogen-bond acceptors (Lipinski definition) is 7. The van der Waals surface area contributed by atoms with Gasteiger partial charge in [-0.3, -0.25) is 19.7 Å². The summed E-state index contributed by atoms with van der Waals surface area (Å²) < 4.78 is 6.22. The minimum Gasteiger partial charge on any atom is -0.494 e. The fraction of sp³-hybridized carbons (Fsp3) is 0.238. The van der Waals surface area contributed by atoms with Crippen LogP contribution in [0, 0.1) is 0 Å². The number of nitrogens with zero attached hydrogens (tertiary/aromatic N) is 5. The van der Waals surface area contributed by atoms with Crippen molar-refractivity contribution in [3.05, 3.63) is 53.3 Å². The number of rotatable bonds is 6. The average molecular weight is 478 g/mol. The third-order valence-electron chi connectivity index (χ3n) is 4.63. The summed E-state index contributed by atoms with van der Waals surface area (Å²) in [6.07, 6.45) is 3.24. The van der Waals surface area contributed by atoms with Gasteiger partial charge in [0.25, 0.3) is 5.91 Å². The van der Waals surface area contributed by atoms with Crippen LogP contribution in [0.4, 0.5) is 5.13 Å². The van der Waals surface area contributed by atoms with Crippen molar-refractivity contribution in [2.24, 2.45) is 0 Å². The Kier molecular flexibility index (Phi) is 7.27. The number of anilines is 1. The lowest BCUT2D eigenvalue weighted by molar-refractivity contribution is 0.0985. The molecule has 0 aliphatic carbocycles. The normalized spacial score (nSPS) is 11.0. The second-order valence-corrected chi connectivity index (χ2v) is 8.33. The molecular weight excluding hydrogens is 457 g/mol.